The van der Waals surface area contributed by atoms with E-state index in [9.17, 15) is 0 Å². The van der Waals surface area contributed by atoms with E-state index < -0.39 is 0 Å². The van der Waals surface area contributed by atoms with Gasteiger partial charge in [0.2, 0.25) is 0 Å². The van der Waals surface area contributed by atoms with Crippen molar-refractivity contribution in [1.82, 2.24) is 0 Å². The van der Waals surface area contributed by atoms with Crippen LogP contribution in [0.5, 0.6) is 0 Å². The van der Waals surface area contributed by atoms with Crippen LogP contribution in [0.15, 0.2) is 158 Å². The summed E-state index contributed by atoms with van der Waals surface area (Å²) in [5.74, 6) is 0. The molecule has 0 fully saturated rings. The van der Waals surface area contributed by atoms with E-state index in [1.54, 1.807) is 0 Å². The van der Waals surface area contributed by atoms with Gasteiger partial charge in [0.1, 0.15) is 0 Å². The molecule has 400 valence electrons. The molecule has 2 aliphatic heterocycles. The van der Waals surface area contributed by atoms with Crippen molar-refractivity contribution in [3.8, 4) is 11.1 Å². The van der Waals surface area contributed by atoms with Gasteiger partial charge in [0, 0.05) is 56.5 Å². The highest BCUT2D eigenvalue weighted by Crippen LogP contribution is 2.58. The van der Waals surface area contributed by atoms with Crippen molar-refractivity contribution in [3.05, 3.63) is 202 Å². The molecule has 0 aromatic heterocycles. The van der Waals surface area contributed by atoms with Gasteiger partial charge in [-0.1, -0.05) is 196 Å². The van der Waals surface area contributed by atoms with Gasteiger partial charge in [0.25, 0.3) is 6.71 Å². The Kier molecular flexibility index (Phi) is 11.2. The van der Waals surface area contributed by atoms with Crippen molar-refractivity contribution >= 4 is 74.3 Å². The highest BCUT2D eigenvalue weighted by molar-refractivity contribution is 7.00. The minimum absolute atomic E-state index is 0.0161. The molecule has 79 heavy (non-hydrogen) atoms. The van der Waals surface area contributed by atoms with Gasteiger partial charge in [-0.2, -0.15) is 0 Å². The van der Waals surface area contributed by atoms with Crippen molar-refractivity contribution in [1.29, 1.82) is 0 Å². The maximum Gasteiger partial charge on any atom is 0.252 e. The summed E-state index contributed by atoms with van der Waals surface area (Å²) in [6.45, 7) is 39.0. The lowest BCUT2D eigenvalue weighted by molar-refractivity contribution is 0.332. The Balaban J connectivity index is 1.17. The van der Waals surface area contributed by atoms with Crippen LogP contribution in [0.3, 0.4) is 0 Å². The van der Waals surface area contributed by atoms with Crippen LogP contribution >= 0.6 is 0 Å². The second-order valence-electron chi connectivity index (χ2n) is 29.6. The van der Waals surface area contributed by atoms with Gasteiger partial charge in [0.15, 0.2) is 0 Å². The van der Waals surface area contributed by atoms with Crippen molar-refractivity contribution in [2.24, 2.45) is 0 Å². The van der Waals surface area contributed by atoms with Gasteiger partial charge in [0.05, 0.1) is 5.69 Å². The van der Waals surface area contributed by atoms with E-state index in [4.69, 9.17) is 0 Å². The van der Waals surface area contributed by atoms with Crippen molar-refractivity contribution in [3.63, 3.8) is 0 Å². The van der Waals surface area contributed by atoms with Gasteiger partial charge >= 0.3 is 0 Å². The Morgan fingerprint density at radius 3 is 1.52 bits per heavy atom. The summed E-state index contributed by atoms with van der Waals surface area (Å²) >= 11 is 0. The summed E-state index contributed by atoms with van der Waals surface area (Å²) in [4.78, 5) is 7.91. The number of fused-ring (bicyclic) bond motifs is 9. The summed E-state index contributed by atoms with van der Waals surface area (Å²) in [6, 6.07) is 62.1. The zero-order chi connectivity index (χ0) is 55.7. The number of nitrogens with zero attached hydrogens (tertiary/aromatic N) is 3. The Morgan fingerprint density at radius 2 is 0.924 bits per heavy atom. The second kappa shape index (κ2) is 17.1. The van der Waals surface area contributed by atoms with Gasteiger partial charge < -0.3 is 14.7 Å². The smallest absolute Gasteiger partial charge is 0.252 e. The van der Waals surface area contributed by atoms with E-state index in [0.29, 0.717) is 0 Å². The van der Waals surface area contributed by atoms with E-state index in [1.165, 1.54) is 119 Å². The predicted molar refractivity (Wildman–Crippen MR) is 341 cm³/mol. The standard InChI is InChI=1S/C75H82BN3/c1-69(2,3)47-30-33-53-56(40-47)75(15,16)55-28-23-29-62(67(53)55)79-63-44-52(77(49-24-19-17-20-25-49)50-26-21-18-22-27-50)32-35-60(63)76-61-45-58-59(74(13,14)39-38-73(58,11)12)46-64(61)78(65-41-48(70(4,5)6)42-66(79)68(65)76)51-31-34-54-57(43-51)72(9,10)37-36-71(54,7)8/h17-35,40-46H,36-39H2,1-16H3. The van der Waals surface area contributed by atoms with Crippen LogP contribution in [0, 0.1) is 0 Å². The van der Waals surface area contributed by atoms with Crippen LogP contribution in [-0.4, -0.2) is 6.71 Å². The largest absolute Gasteiger partial charge is 0.311 e. The molecular formula is C75H82BN3. The minimum atomic E-state index is -0.209. The summed E-state index contributed by atoms with van der Waals surface area (Å²) in [7, 11) is 0. The Bertz CT molecular complexity index is 3760. The quantitative estimate of drug-likeness (QED) is 0.159. The highest BCUT2D eigenvalue weighted by atomic mass is 15.2. The Hall–Kier alpha value is -6.78. The fourth-order valence-electron chi connectivity index (χ4n) is 14.9. The molecular weight excluding hydrogens is 954 g/mol. The van der Waals surface area contributed by atoms with E-state index in [1.807, 2.05) is 0 Å². The third-order valence-corrected chi connectivity index (χ3v) is 20.1. The van der Waals surface area contributed by atoms with Crippen LogP contribution in [0.25, 0.3) is 11.1 Å². The van der Waals surface area contributed by atoms with Crippen molar-refractivity contribution in [2.75, 3.05) is 14.7 Å². The molecule has 0 radical (unpaired) electrons. The lowest BCUT2D eigenvalue weighted by Gasteiger charge is -2.48. The van der Waals surface area contributed by atoms with E-state index >= 15 is 0 Å². The second-order valence-corrected chi connectivity index (χ2v) is 29.6. The van der Waals surface area contributed by atoms with Crippen LogP contribution in [0.4, 0.5) is 51.2 Å². The number of rotatable bonds is 5. The Morgan fingerprint density at radius 1 is 0.380 bits per heavy atom. The third-order valence-electron chi connectivity index (χ3n) is 20.1. The van der Waals surface area contributed by atoms with Crippen molar-refractivity contribution < 1.29 is 0 Å². The summed E-state index contributed by atoms with van der Waals surface area (Å²) in [6.07, 6.45) is 4.67. The fourth-order valence-corrected chi connectivity index (χ4v) is 14.9. The molecule has 0 amide bonds. The molecule has 0 atom stereocenters. The first kappa shape index (κ1) is 51.6. The molecule has 0 spiro atoms. The molecule has 0 N–H and O–H groups in total. The number of anilines is 9. The molecule has 3 aliphatic carbocycles. The Labute approximate surface area is 474 Å². The zero-order valence-corrected chi connectivity index (χ0v) is 50.3. The molecule has 8 aromatic carbocycles. The zero-order valence-electron chi connectivity index (χ0n) is 50.3. The molecule has 0 unspecified atom stereocenters. The summed E-state index contributed by atoms with van der Waals surface area (Å²) < 4.78 is 0. The molecule has 3 nitrogen and oxygen atoms in total. The van der Waals surface area contributed by atoms with E-state index in [0.717, 1.165) is 29.9 Å². The van der Waals surface area contributed by atoms with Gasteiger partial charge in [-0.25, -0.2) is 0 Å². The number of para-hydroxylation sites is 2. The molecule has 5 aliphatic rings. The topological polar surface area (TPSA) is 9.72 Å². The lowest BCUT2D eigenvalue weighted by atomic mass is 9.33. The van der Waals surface area contributed by atoms with Gasteiger partial charge in [-0.3, -0.25) is 0 Å². The SMILES string of the molecule is CC(C)(C)c1cc2c3c(c1)N(c1cccc4c1-c1ccc(C(C)(C)C)cc1C4(C)C)c1cc(N(c4ccccc4)c4ccccc4)ccc1B3c1cc3c(cc1N2c1ccc2c(c1)C(C)(C)CCC2(C)C)C(C)(C)CCC3(C)C. The third kappa shape index (κ3) is 7.87. The van der Waals surface area contributed by atoms with Gasteiger partial charge in [-0.15, -0.1) is 0 Å². The number of hydrogen-bond donors (Lipinski definition) is 0. The maximum atomic E-state index is 2.74. The molecule has 4 heteroatoms. The van der Waals surface area contributed by atoms with Crippen LogP contribution in [0.2, 0.25) is 0 Å². The maximum absolute atomic E-state index is 2.74. The average Bonchev–Trinajstić information content (AvgIpc) is 2.91. The first-order valence-corrected chi connectivity index (χ1v) is 29.6. The monoisotopic (exact) mass is 1040 g/mol. The molecule has 2 heterocycles. The normalized spacial score (nSPS) is 18.4. The molecule has 13 rings (SSSR count). The first-order valence-electron chi connectivity index (χ1n) is 29.6. The molecule has 0 saturated carbocycles. The van der Waals surface area contributed by atoms with Crippen molar-refractivity contribution in [2.45, 2.75) is 174 Å². The number of benzene rings is 8. The summed E-state index contributed by atoms with van der Waals surface area (Å²) in [5, 5.41) is 0. The molecule has 0 saturated heterocycles. The van der Waals surface area contributed by atoms with E-state index in [2.05, 4.69) is 283 Å². The summed E-state index contributed by atoms with van der Waals surface area (Å²) in [5.41, 5.74) is 29.1. The number of hydrogen-bond acceptors (Lipinski definition) is 3. The van der Waals surface area contributed by atoms with Gasteiger partial charge in [-0.05, 0) is 197 Å². The molecule has 8 aromatic rings. The van der Waals surface area contributed by atoms with Crippen LogP contribution < -0.4 is 31.1 Å². The van der Waals surface area contributed by atoms with Crippen LogP contribution in [-0.2, 0) is 37.9 Å². The minimum Gasteiger partial charge on any atom is -0.311 e. The first-order chi connectivity index (χ1) is 37.2. The fraction of sp³-hybridized carbons (Fsp3) is 0.360. The lowest BCUT2D eigenvalue weighted by Crippen LogP contribution is -2.62. The average molecular weight is 1040 g/mol. The predicted octanol–water partition coefficient (Wildman–Crippen LogP) is 18.8. The molecule has 0 bridgehead atoms. The highest BCUT2D eigenvalue weighted by Gasteiger charge is 2.49. The van der Waals surface area contributed by atoms with Crippen LogP contribution in [0.1, 0.15) is 181 Å². The van der Waals surface area contributed by atoms with E-state index in [-0.39, 0.29) is 44.6 Å².